The lowest BCUT2D eigenvalue weighted by Gasteiger charge is -2.17. The average molecular weight is 785 g/mol. The van der Waals surface area contributed by atoms with E-state index >= 15 is 0 Å². The van der Waals surface area contributed by atoms with Crippen LogP contribution in [0.5, 0.6) is 11.5 Å². The van der Waals surface area contributed by atoms with Crippen molar-refractivity contribution >= 4 is 95.5 Å². The lowest BCUT2D eigenvalue weighted by atomic mass is 10.1. The third kappa shape index (κ3) is 6.67. The molecular weight excluding hydrogens is 769 g/mol. The molecular formula is C30H16N4O14S4-4. The van der Waals surface area contributed by atoms with E-state index in [1.54, 1.807) is 0 Å². The summed E-state index contributed by atoms with van der Waals surface area (Å²) in [7, 11) is -21.1. The van der Waals surface area contributed by atoms with E-state index in [-0.39, 0.29) is 32.9 Å². The Morgan fingerprint density at radius 1 is 0.423 bits per heavy atom. The Morgan fingerprint density at radius 3 is 1.08 bits per heavy atom. The van der Waals surface area contributed by atoms with Crippen LogP contribution in [0.4, 0.5) is 22.7 Å². The van der Waals surface area contributed by atoms with Gasteiger partial charge in [0.1, 0.15) is 51.8 Å². The molecule has 2 N–H and O–H groups in total. The van der Waals surface area contributed by atoms with Gasteiger partial charge in [-0.25, -0.2) is 33.7 Å². The van der Waals surface area contributed by atoms with Gasteiger partial charge >= 0.3 is 0 Å². The van der Waals surface area contributed by atoms with Crippen molar-refractivity contribution in [3.8, 4) is 11.5 Å². The summed E-state index contributed by atoms with van der Waals surface area (Å²) < 4.78 is 144. The molecule has 0 saturated carbocycles. The van der Waals surface area contributed by atoms with Gasteiger partial charge in [-0.1, -0.05) is 48.5 Å². The standard InChI is InChI=1S/C30H20N4O14S4/c35-29-26-15(13-24(51(43,44)45)27(29)33-31-20-9-11-22(49(37,38)39)18-7-3-1-5-16(18)20)14-25(52(46,47)48)28(30(26)36)34-32-21-10-12-23(50(40,41)42)19-8-4-2-6-17(19)21/h1-14,35-36H,(H,37,38,39)(H,40,41,42)(H,43,44,45)(H,46,47,48)/p-4. The summed E-state index contributed by atoms with van der Waals surface area (Å²) in [5.74, 6) is -2.53. The second-order valence-corrected chi connectivity index (χ2v) is 16.1. The molecule has 0 fully saturated rings. The summed E-state index contributed by atoms with van der Waals surface area (Å²) in [6.07, 6.45) is 0. The number of rotatable bonds is 8. The summed E-state index contributed by atoms with van der Waals surface area (Å²) in [5, 5.41) is 35.9. The van der Waals surface area contributed by atoms with Crippen molar-refractivity contribution in [1.29, 1.82) is 0 Å². The molecule has 0 saturated heterocycles. The van der Waals surface area contributed by atoms with Gasteiger partial charge < -0.3 is 28.4 Å². The zero-order valence-electron chi connectivity index (χ0n) is 25.3. The van der Waals surface area contributed by atoms with Gasteiger partial charge in [-0.15, -0.1) is 20.5 Å². The maximum atomic E-state index is 12.3. The van der Waals surface area contributed by atoms with E-state index in [1.807, 2.05) is 0 Å². The molecule has 0 aliphatic carbocycles. The minimum atomic E-state index is -5.57. The molecule has 268 valence electrons. The predicted molar refractivity (Wildman–Crippen MR) is 175 cm³/mol. The molecule has 52 heavy (non-hydrogen) atoms. The van der Waals surface area contributed by atoms with E-state index < -0.39 is 93.7 Å². The average Bonchev–Trinajstić information content (AvgIpc) is 3.04. The molecule has 0 aliphatic rings. The van der Waals surface area contributed by atoms with Crippen molar-refractivity contribution in [3.05, 3.63) is 84.9 Å². The number of benzene rings is 6. The number of nitrogens with zero attached hydrogens (tertiary/aromatic N) is 4. The Hall–Kier alpha value is -5.46. The number of fused-ring (bicyclic) bond motifs is 3. The molecule has 18 nitrogen and oxygen atoms in total. The maximum absolute atomic E-state index is 12.3. The van der Waals surface area contributed by atoms with Crippen LogP contribution in [-0.2, 0) is 40.5 Å². The molecule has 6 rings (SSSR count). The number of hydrogen-bond donors (Lipinski definition) is 2. The van der Waals surface area contributed by atoms with Crippen LogP contribution in [0.1, 0.15) is 0 Å². The summed E-state index contributed by atoms with van der Waals surface area (Å²) in [6.45, 7) is 0. The van der Waals surface area contributed by atoms with Gasteiger partial charge in [-0.3, -0.25) is 0 Å². The first-order chi connectivity index (χ1) is 24.2. The lowest BCUT2D eigenvalue weighted by molar-refractivity contribution is 0.452. The van der Waals surface area contributed by atoms with Crippen molar-refractivity contribution in [2.24, 2.45) is 20.5 Å². The van der Waals surface area contributed by atoms with Crippen molar-refractivity contribution in [2.75, 3.05) is 0 Å². The normalized spacial score (nSPS) is 13.2. The van der Waals surface area contributed by atoms with Gasteiger partial charge in [-0.2, -0.15) is 0 Å². The first-order valence-electron chi connectivity index (χ1n) is 13.9. The van der Waals surface area contributed by atoms with Gasteiger partial charge in [0.05, 0.1) is 36.3 Å². The second-order valence-electron chi connectivity index (χ2n) is 10.7. The van der Waals surface area contributed by atoms with E-state index in [1.165, 1.54) is 48.5 Å². The molecule has 0 amide bonds. The topological polar surface area (TPSA) is 319 Å². The zero-order chi connectivity index (χ0) is 38.0. The van der Waals surface area contributed by atoms with Gasteiger partial charge in [0.25, 0.3) is 0 Å². The molecule has 0 bridgehead atoms. The van der Waals surface area contributed by atoms with Gasteiger partial charge in [0, 0.05) is 21.5 Å². The second kappa shape index (κ2) is 12.6. The zero-order valence-corrected chi connectivity index (χ0v) is 28.6. The Labute approximate surface area is 293 Å². The number of phenols is 2. The van der Waals surface area contributed by atoms with Crippen LogP contribution < -0.4 is 0 Å². The molecule has 0 heterocycles. The third-order valence-electron chi connectivity index (χ3n) is 7.57. The van der Waals surface area contributed by atoms with Gasteiger partial charge in [0.2, 0.25) is 0 Å². The van der Waals surface area contributed by atoms with Crippen LogP contribution in [0.2, 0.25) is 0 Å². The van der Waals surface area contributed by atoms with E-state index in [4.69, 9.17) is 0 Å². The van der Waals surface area contributed by atoms with Crippen LogP contribution in [0, 0.1) is 0 Å². The first kappa shape index (κ1) is 36.3. The highest BCUT2D eigenvalue weighted by molar-refractivity contribution is 7.86. The van der Waals surface area contributed by atoms with Crippen LogP contribution in [0.3, 0.4) is 0 Å². The smallest absolute Gasteiger partial charge is 0.156 e. The first-order valence-corrected chi connectivity index (χ1v) is 19.6. The van der Waals surface area contributed by atoms with Crippen LogP contribution >= 0.6 is 0 Å². The number of azo groups is 2. The molecule has 0 aliphatic heterocycles. The minimum absolute atomic E-state index is 0.0271. The quantitative estimate of drug-likeness (QED) is 0.151. The molecule has 0 radical (unpaired) electrons. The fourth-order valence-corrected chi connectivity index (χ4v) is 8.02. The Kier molecular flexibility index (Phi) is 8.83. The monoisotopic (exact) mass is 784 g/mol. The highest BCUT2D eigenvalue weighted by Crippen LogP contribution is 2.50. The highest BCUT2D eigenvalue weighted by atomic mass is 32.2. The maximum Gasteiger partial charge on any atom is 0.156 e. The van der Waals surface area contributed by atoms with Gasteiger partial charge in [-0.05, 0) is 41.8 Å². The van der Waals surface area contributed by atoms with E-state index in [9.17, 15) is 62.1 Å². The molecule has 0 aromatic heterocycles. The Bertz CT molecular complexity index is 2840. The molecule has 0 spiro atoms. The molecule has 6 aromatic rings. The SMILES string of the molecule is O=S(=O)([O-])c1cc2cc(S(=O)(=O)[O-])c(N=Nc3ccc(S(=O)(=O)[O-])c4ccccc34)c(O)c2c(O)c1N=Nc1ccc(S(=O)(=O)[O-])c2ccccc12. The predicted octanol–water partition coefficient (Wildman–Crippen LogP) is 5.00. The van der Waals surface area contributed by atoms with E-state index in [0.717, 1.165) is 24.3 Å². The number of aromatic hydroxyl groups is 2. The van der Waals surface area contributed by atoms with Crippen molar-refractivity contribution < 1.29 is 62.1 Å². The van der Waals surface area contributed by atoms with Gasteiger partial charge in [0.15, 0.2) is 11.5 Å². The van der Waals surface area contributed by atoms with Crippen LogP contribution in [-0.4, -0.2) is 62.1 Å². The lowest BCUT2D eigenvalue weighted by Crippen LogP contribution is -2.02. The largest absolute Gasteiger partial charge is 0.744 e. The van der Waals surface area contributed by atoms with Crippen molar-refractivity contribution in [1.82, 2.24) is 0 Å². The summed E-state index contributed by atoms with van der Waals surface area (Å²) in [6, 6.07) is 15.8. The van der Waals surface area contributed by atoms with Crippen LogP contribution in [0.25, 0.3) is 32.3 Å². The molecule has 0 unspecified atom stereocenters. The molecule has 22 heteroatoms. The minimum Gasteiger partial charge on any atom is -0.744 e. The Balaban J connectivity index is 1.60. The van der Waals surface area contributed by atoms with Crippen molar-refractivity contribution in [2.45, 2.75) is 19.6 Å². The number of phenolic OH excluding ortho intramolecular Hbond substituents is 2. The Morgan fingerprint density at radius 2 is 0.750 bits per heavy atom. The summed E-state index contributed by atoms with van der Waals surface area (Å²) in [4.78, 5) is -3.80. The third-order valence-corrected chi connectivity index (χ3v) is 11.1. The van der Waals surface area contributed by atoms with E-state index in [0.29, 0.717) is 12.1 Å². The van der Waals surface area contributed by atoms with E-state index in [2.05, 4.69) is 20.5 Å². The summed E-state index contributed by atoms with van der Waals surface area (Å²) >= 11 is 0. The molecule has 6 aromatic carbocycles. The fourth-order valence-electron chi connectivity index (χ4n) is 5.36. The number of hydrogen-bond acceptors (Lipinski definition) is 18. The molecule has 0 atom stereocenters. The van der Waals surface area contributed by atoms with Crippen LogP contribution in [0.15, 0.2) is 125 Å². The fraction of sp³-hybridized carbons (Fsp3) is 0. The summed E-state index contributed by atoms with van der Waals surface area (Å²) in [5.41, 5.74) is -2.51. The van der Waals surface area contributed by atoms with Crippen molar-refractivity contribution in [3.63, 3.8) is 0 Å². The highest BCUT2D eigenvalue weighted by Gasteiger charge is 2.25.